The lowest BCUT2D eigenvalue weighted by Crippen LogP contribution is -2.42. The lowest BCUT2D eigenvalue weighted by Gasteiger charge is -2.22. The lowest BCUT2D eigenvalue weighted by atomic mass is 10.2. The van der Waals surface area contributed by atoms with Crippen molar-refractivity contribution in [1.29, 1.82) is 0 Å². The van der Waals surface area contributed by atoms with Gasteiger partial charge in [-0.15, -0.1) is 0 Å². The first-order chi connectivity index (χ1) is 7.07. The molecule has 1 atom stereocenters. The summed E-state index contributed by atoms with van der Waals surface area (Å²) in [6.45, 7) is 4.70. The van der Waals surface area contributed by atoms with Gasteiger partial charge in [-0.2, -0.15) is 0 Å². The number of amides is 1. The van der Waals surface area contributed by atoms with Crippen LogP contribution in [0.3, 0.4) is 0 Å². The Morgan fingerprint density at radius 1 is 1.67 bits per heavy atom. The zero-order chi connectivity index (χ0) is 11.4. The van der Waals surface area contributed by atoms with Crippen molar-refractivity contribution in [2.75, 3.05) is 4.90 Å². The minimum absolute atomic E-state index is 0.190. The Balaban J connectivity index is 3.03. The Kier molecular flexibility index (Phi) is 3.28. The fourth-order valence-corrected chi connectivity index (χ4v) is 1.11. The Bertz CT molecular complexity index is 369. The molecule has 0 spiro atoms. The normalized spacial score (nSPS) is 11.8. The lowest BCUT2D eigenvalue weighted by molar-refractivity contribution is -0.139. The van der Waals surface area contributed by atoms with Crippen LogP contribution in [0.2, 0.25) is 0 Å². The number of aliphatic carboxylic acids is 1. The summed E-state index contributed by atoms with van der Waals surface area (Å²) < 4.78 is 4.98. The van der Waals surface area contributed by atoms with Crippen LogP contribution in [0.15, 0.2) is 35.5 Å². The van der Waals surface area contributed by atoms with Crippen molar-refractivity contribution in [2.45, 2.75) is 13.0 Å². The fourth-order valence-electron chi connectivity index (χ4n) is 1.11. The van der Waals surface area contributed by atoms with E-state index in [9.17, 15) is 9.59 Å². The Morgan fingerprint density at radius 2 is 2.33 bits per heavy atom. The van der Waals surface area contributed by atoms with Crippen molar-refractivity contribution in [3.05, 3.63) is 31.1 Å². The van der Waals surface area contributed by atoms with Gasteiger partial charge in [-0.25, -0.2) is 4.79 Å². The number of carboxylic acid groups (broad SMARTS) is 1. The molecule has 1 amide bonds. The van der Waals surface area contributed by atoms with Gasteiger partial charge in [-0.1, -0.05) is 6.58 Å². The zero-order valence-electron chi connectivity index (χ0n) is 8.21. The molecule has 0 aliphatic rings. The molecule has 80 valence electrons. The van der Waals surface area contributed by atoms with E-state index in [-0.39, 0.29) is 5.88 Å². The van der Waals surface area contributed by atoms with Gasteiger partial charge in [0, 0.05) is 6.07 Å². The Morgan fingerprint density at radius 3 is 2.73 bits per heavy atom. The molecule has 0 aliphatic heterocycles. The number of nitrogens with zero attached hydrogens (tertiary/aromatic N) is 1. The average molecular weight is 209 g/mol. The van der Waals surface area contributed by atoms with E-state index in [1.54, 1.807) is 6.07 Å². The van der Waals surface area contributed by atoms with Gasteiger partial charge >= 0.3 is 5.97 Å². The van der Waals surface area contributed by atoms with Crippen molar-refractivity contribution in [1.82, 2.24) is 0 Å². The number of hydrogen-bond acceptors (Lipinski definition) is 3. The molecule has 0 radical (unpaired) electrons. The maximum Gasteiger partial charge on any atom is 0.326 e. The molecule has 5 heteroatoms. The monoisotopic (exact) mass is 209 g/mol. The van der Waals surface area contributed by atoms with Gasteiger partial charge < -0.3 is 9.52 Å². The molecule has 0 aromatic carbocycles. The topological polar surface area (TPSA) is 70.8 Å². The number of furan rings is 1. The van der Waals surface area contributed by atoms with E-state index in [0.717, 1.165) is 11.0 Å². The van der Waals surface area contributed by atoms with Gasteiger partial charge in [-0.05, 0) is 19.1 Å². The van der Waals surface area contributed by atoms with E-state index < -0.39 is 17.9 Å². The first-order valence-corrected chi connectivity index (χ1v) is 4.30. The fraction of sp³-hybridized carbons (Fsp3) is 0.200. The number of hydrogen-bond donors (Lipinski definition) is 1. The van der Waals surface area contributed by atoms with E-state index in [1.165, 1.54) is 19.3 Å². The SMILES string of the molecule is C=CC(=O)N(c1ccco1)C(C)C(=O)O. The van der Waals surface area contributed by atoms with Crippen molar-refractivity contribution in [2.24, 2.45) is 0 Å². The predicted octanol–water partition coefficient (Wildman–Crippen LogP) is 1.27. The van der Waals surface area contributed by atoms with Gasteiger partial charge in [-0.3, -0.25) is 9.69 Å². The summed E-state index contributed by atoms with van der Waals surface area (Å²) in [5.74, 6) is -1.43. The molecule has 5 nitrogen and oxygen atoms in total. The molecule has 0 aliphatic carbocycles. The van der Waals surface area contributed by atoms with Crippen molar-refractivity contribution in [3.8, 4) is 0 Å². The van der Waals surface area contributed by atoms with Gasteiger partial charge in [0.05, 0.1) is 6.26 Å². The number of anilines is 1. The summed E-state index contributed by atoms with van der Waals surface area (Å²) in [6, 6.07) is 2.09. The summed E-state index contributed by atoms with van der Waals surface area (Å²) >= 11 is 0. The molecule has 1 aromatic heterocycles. The summed E-state index contributed by atoms with van der Waals surface area (Å²) in [5, 5.41) is 8.83. The standard InChI is InChI=1S/C10H11NO4/c1-3-8(12)11(7(2)10(13)14)9-5-4-6-15-9/h3-7H,1H2,2H3,(H,13,14). The summed E-state index contributed by atoms with van der Waals surface area (Å²) in [5.41, 5.74) is 0. The van der Waals surface area contributed by atoms with Crippen LogP contribution in [0.25, 0.3) is 0 Å². The number of carbonyl (C=O) groups excluding carboxylic acids is 1. The van der Waals surface area contributed by atoms with Crippen LogP contribution < -0.4 is 4.90 Å². The second-order valence-corrected chi connectivity index (χ2v) is 2.88. The molecule has 0 saturated heterocycles. The highest BCUT2D eigenvalue weighted by Crippen LogP contribution is 2.18. The van der Waals surface area contributed by atoms with Gasteiger partial charge in [0.2, 0.25) is 5.88 Å². The van der Waals surface area contributed by atoms with Crippen molar-refractivity contribution < 1.29 is 19.1 Å². The molecule has 0 saturated carbocycles. The van der Waals surface area contributed by atoms with Gasteiger partial charge in [0.25, 0.3) is 5.91 Å². The molecule has 15 heavy (non-hydrogen) atoms. The first-order valence-electron chi connectivity index (χ1n) is 4.30. The third-order valence-electron chi connectivity index (χ3n) is 1.90. The molecular weight excluding hydrogens is 198 g/mol. The van der Waals surface area contributed by atoms with E-state index >= 15 is 0 Å². The van der Waals surface area contributed by atoms with E-state index in [0.29, 0.717) is 0 Å². The molecular formula is C10H11NO4. The van der Waals surface area contributed by atoms with Crippen molar-refractivity contribution in [3.63, 3.8) is 0 Å². The van der Waals surface area contributed by atoms with Gasteiger partial charge in [0.15, 0.2) is 0 Å². The second kappa shape index (κ2) is 4.45. The summed E-state index contributed by atoms with van der Waals surface area (Å²) in [7, 11) is 0. The summed E-state index contributed by atoms with van der Waals surface area (Å²) in [6.07, 6.45) is 2.41. The van der Waals surface area contributed by atoms with E-state index in [1.807, 2.05) is 0 Å². The summed E-state index contributed by atoms with van der Waals surface area (Å²) in [4.78, 5) is 23.3. The predicted molar refractivity (Wildman–Crippen MR) is 53.5 cm³/mol. The Labute approximate surface area is 86.6 Å². The van der Waals surface area contributed by atoms with E-state index in [2.05, 4.69) is 6.58 Å². The molecule has 1 rings (SSSR count). The quantitative estimate of drug-likeness (QED) is 0.758. The Hall–Kier alpha value is -2.04. The van der Waals surface area contributed by atoms with Crippen LogP contribution in [0.5, 0.6) is 0 Å². The van der Waals surface area contributed by atoms with Crippen LogP contribution in [-0.4, -0.2) is 23.0 Å². The average Bonchev–Trinajstić information content (AvgIpc) is 2.70. The van der Waals surface area contributed by atoms with E-state index in [4.69, 9.17) is 9.52 Å². The van der Waals surface area contributed by atoms with Crippen LogP contribution >= 0.6 is 0 Å². The number of carboxylic acids is 1. The number of rotatable bonds is 4. The molecule has 0 fully saturated rings. The van der Waals surface area contributed by atoms with Crippen LogP contribution in [0, 0.1) is 0 Å². The highest BCUT2D eigenvalue weighted by atomic mass is 16.4. The third-order valence-corrected chi connectivity index (χ3v) is 1.90. The minimum atomic E-state index is -1.11. The van der Waals surface area contributed by atoms with Crippen LogP contribution in [0.4, 0.5) is 5.88 Å². The highest BCUT2D eigenvalue weighted by molar-refractivity contribution is 6.03. The number of carbonyl (C=O) groups is 2. The zero-order valence-corrected chi connectivity index (χ0v) is 8.21. The smallest absolute Gasteiger partial charge is 0.326 e. The molecule has 1 aromatic rings. The van der Waals surface area contributed by atoms with Crippen molar-refractivity contribution >= 4 is 17.8 Å². The minimum Gasteiger partial charge on any atom is -0.480 e. The van der Waals surface area contributed by atoms with Gasteiger partial charge in [0.1, 0.15) is 6.04 Å². The molecule has 1 unspecified atom stereocenters. The third kappa shape index (κ3) is 2.25. The molecule has 1 N–H and O–H groups in total. The van der Waals surface area contributed by atoms with Crippen LogP contribution in [-0.2, 0) is 9.59 Å². The highest BCUT2D eigenvalue weighted by Gasteiger charge is 2.27. The first kappa shape index (κ1) is 11.0. The molecule has 0 bridgehead atoms. The second-order valence-electron chi connectivity index (χ2n) is 2.88. The maximum absolute atomic E-state index is 11.4. The maximum atomic E-state index is 11.4. The largest absolute Gasteiger partial charge is 0.480 e. The van der Waals surface area contributed by atoms with Crippen LogP contribution in [0.1, 0.15) is 6.92 Å². The molecule has 1 heterocycles.